The first-order valence-corrected chi connectivity index (χ1v) is 35.0. The third kappa shape index (κ3) is 9.37. The first-order chi connectivity index (χ1) is 37.3. The zero-order valence-corrected chi connectivity index (χ0v) is 50.1. The Morgan fingerprint density at radius 2 is 1.09 bits per heavy atom. The molecule has 0 amide bonds. The molecule has 10 bridgehead atoms. The summed E-state index contributed by atoms with van der Waals surface area (Å²) in [5.41, 5.74) is 2.22. The quantitative estimate of drug-likeness (QED) is 0.0697. The van der Waals surface area contributed by atoms with Crippen molar-refractivity contribution >= 4 is 64.4 Å². The third-order valence-corrected chi connectivity index (χ3v) is 29.8. The molecule has 13 aliphatic carbocycles. The molecule has 0 aliphatic heterocycles. The fourth-order valence-electron chi connectivity index (χ4n) is 23.0. The smallest absolute Gasteiger partial charge is 0.308 e. The zero-order valence-electron chi connectivity index (χ0n) is 46.8. The number of carbonyl (C=O) groups is 3. The van der Waals surface area contributed by atoms with Crippen LogP contribution in [0.2, 0.25) is 0 Å². The molecule has 0 saturated heterocycles. The Balaban J connectivity index is 0.000000218. The average molecular weight is 1120 g/mol. The van der Waals surface area contributed by atoms with E-state index in [-0.39, 0.29) is 17.4 Å². The number of hydrogen-bond donors (Lipinski definition) is 0. The van der Waals surface area contributed by atoms with Gasteiger partial charge in [-0.15, -0.1) is 0 Å². The van der Waals surface area contributed by atoms with Crippen LogP contribution in [-0.2, 0) is 28.7 Å². The van der Waals surface area contributed by atoms with Gasteiger partial charge in [-0.2, -0.15) is 23.5 Å². The molecule has 11 heteroatoms. The van der Waals surface area contributed by atoms with Crippen LogP contribution < -0.4 is 9.47 Å². The maximum absolute atomic E-state index is 13.0. The van der Waals surface area contributed by atoms with Crippen molar-refractivity contribution in [3.63, 3.8) is 0 Å². The number of hydrogen-bond acceptors (Lipinski definition) is 11. The van der Waals surface area contributed by atoms with Gasteiger partial charge in [-0.3, -0.25) is 14.4 Å². The molecule has 13 fully saturated rings. The minimum atomic E-state index is -0.308. The van der Waals surface area contributed by atoms with Crippen molar-refractivity contribution in [2.45, 2.75) is 150 Å². The number of thioether (sulfide) groups is 3. The highest BCUT2D eigenvalue weighted by Gasteiger charge is 2.70. The fraction of sp³-hybridized carbons (Fsp3) is 0.773. The summed E-state index contributed by atoms with van der Waals surface area (Å²) in [4.78, 5) is 35.9. The molecule has 0 spiro atoms. The van der Waals surface area contributed by atoms with E-state index in [1.165, 1.54) is 89.5 Å². The molecule has 2 aromatic carbocycles. The molecule has 0 heterocycles. The number of fused-ring (bicyclic) bond motifs is 29. The molecule has 0 N–H and O–H groups in total. The molecule has 26 unspecified atom stereocenters. The first-order valence-electron chi connectivity index (χ1n) is 31.0. The van der Waals surface area contributed by atoms with E-state index in [9.17, 15) is 14.4 Å². The molecular formula is C66H88O7S4. The Kier molecular flexibility index (Phi) is 14.6. The molecule has 2 aromatic rings. The Morgan fingerprint density at radius 1 is 0.545 bits per heavy atom. The second-order valence-electron chi connectivity index (χ2n) is 28.5. The van der Waals surface area contributed by atoms with E-state index in [1.54, 1.807) is 38.6 Å². The predicted molar refractivity (Wildman–Crippen MR) is 313 cm³/mol. The lowest BCUT2D eigenvalue weighted by Crippen LogP contribution is -2.39. The van der Waals surface area contributed by atoms with E-state index in [1.807, 2.05) is 48.4 Å². The summed E-state index contributed by atoms with van der Waals surface area (Å²) in [5, 5.41) is 3.44. The largest absolute Gasteiger partial charge is 0.497 e. The number of carbonyl (C=O) groups excluding carboxylic acids is 3. The second kappa shape index (κ2) is 21.1. The lowest BCUT2D eigenvalue weighted by Gasteiger charge is -2.43. The van der Waals surface area contributed by atoms with Gasteiger partial charge in [-0.1, -0.05) is 49.9 Å². The lowest BCUT2D eigenvalue weighted by molar-refractivity contribution is -0.145. The summed E-state index contributed by atoms with van der Waals surface area (Å²) in [6, 6.07) is 15.7. The maximum atomic E-state index is 13.0. The molecule has 13 aliphatic rings. The van der Waals surface area contributed by atoms with E-state index >= 15 is 0 Å². The summed E-state index contributed by atoms with van der Waals surface area (Å²) in [7, 11) is 1.66. The summed E-state index contributed by atoms with van der Waals surface area (Å²) in [6.07, 6.45) is 23.1. The SMILES string of the molecule is COc1ccc(C(C)(C)c2ccc(OC(C)=O)cc2)cc1.CSC1CC2CC1C1C3CC(C4CC(SCCC(=O)OCC5CC6CC5C5CC(COSC7CC8CC7C7C9CC(C%10CC(SC(C)=O)CC%109)C87)CC65)CC43)C21. The van der Waals surface area contributed by atoms with Crippen molar-refractivity contribution in [1.29, 1.82) is 0 Å². The highest BCUT2D eigenvalue weighted by molar-refractivity contribution is 8.14. The fourth-order valence-corrected chi connectivity index (χ4v) is 27.7. The number of esters is 2. The number of benzene rings is 2. The van der Waals surface area contributed by atoms with Crippen LogP contribution in [0.15, 0.2) is 48.5 Å². The van der Waals surface area contributed by atoms with E-state index in [0.717, 1.165) is 164 Å². The molecule has 77 heavy (non-hydrogen) atoms. The average Bonchev–Trinajstić information content (AvgIpc) is 4.20. The van der Waals surface area contributed by atoms with Crippen molar-refractivity contribution in [3.05, 3.63) is 59.7 Å². The van der Waals surface area contributed by atoms with E-state index in [4.69, 9.17) is 18.4 Å². The highest BCUT2D eigenvalue weighted by atomic mass is 32.2. The van der Waals surface area contributed by atoms with E-state index in [2.05, 4.69) is 55.8 Å². The minimum absolute atomic E-state index is 0.0793. The summed E-state index contributed by atoms with van der Waals surface area (Å²) < 4.78 is 23.0. The first kappa shape index (κ1) is 53.2. The third-order valence-electron chi connectivity index (χ3n) is 25.2. The topological polar surface area (TPSA) is 88.1 Å². The maximum Gasteiger partial charge on any atom is 0.308 e. The van der Waals surface area contributed by atoms with Crippen molar-refractivity contribution in [1.82, 2.24) is 0 Å². The van der Waals surface area contributed by atoms with Gasteiger partial charge in [0.1, 0.15) is 11.5 Å². The molecule has 15 rings (SSSR count). The minimum Gasteiger partial charge on any atom is -0.497 e. The number of ether oxygens (including phenoxy) is 3. The van der Waals surface area contributed by atoms with Gasteiger partial charge in [-0.25, -0.2) is 0 Å². The van der Waals surface area contributed by atoms with Gasteiger partial charge >= 0.3 is 11.9 Å². The summed E-state index contributed by atoms with van der Waals surface area (Å²) >= 11 is 7.90. The molecule has 7 nitrogen and oxygen atoms in total. The van der Waals surface area contributed by atoms with Gasteiger partial charge in [0, 0.05) is 46.0 Å². The Morgan fingerprint density at radius 3 is 1.69 bits per heavy atom. The molecule has 0 radical (unpaired) electrons. The van der Waals surface area contributed by atoms with Crippen LogP contribution in [0, 0.1) is 130 Å². The van der Waals surface area contributed by atoms with Gasteiger partial charge in [0.2, 0.25) is 0 Å². The van der Waals surface area contributed by atoms with Gasteiger partial charge in [0.15, 0.2) is 5.12 Å². The molecule has 0 aromatic heterocycles. The molecule has 26 atom stereocenters. The standard InChI is InChI=1S/C48H68O4S4.C18H20O3/c1-21(49)55-28-15-34-35(16-28)39-18-37(34)46-25-10-41(48(39)46)43(12-25)56-52-19-22-5-29-23-7-26(30(8-23)31(29)6-22)20-51-44(50)3-4-54-27-13-32-33(14-27)38-17-36(32)45-24-9-40(47(38)45)42(11-24)53-2;1-13(19)21-17-11-7-15(8-12-17)18(2,3)14-5-9-16(20-4)10-6-14/h22-43,45-48H,3-20H2,1-2H3;5-12H,1-4H3. The highest BCUT2D eigenvalue weighted by Crippen LogP contribution is 2.76. The van der Waals surface area contributed by atoms with Gasteiger partial charge in [-0.05, 0) is 274 Å². The van der Waals surface area contributed by atoms with Gasteiger partial charge in [0.05, 0.1) is 26.7 Å². The molecule has 13 saturated carbocycles. The van der Waals surface area contributed by atoms with E-state index < -0.39 is 0 Å². The van der Waals surface area contributed by atoms with Crippen molar-refractivity contribution in [2.24, 2.45) is 130 Å². The van der Waals surface area contributed by atoms with Crippen LogP contribution in [0.5, 0.6) is 11.5 Å². The van der Waals surface area contributed by atoms with Gasteiger partial charge in [0.25, 0.3) is 0 Å². The number of methoxy groups -OCH3 is 1. The normalized spacial score (nSPS) is 45.9. The zero-order chi connectivity index (χ0) is 52.6. The Hall–Kier alpha value is -1.79. The van der Waals surface area contributed by atoms with Crippen molar-refractivity contribution in [2.75, 3.05) is 32.3 Å². The molecule has 418 valence electrons. The summed E-state index contributed by atoms with van der Waals surface area (Å²) in [6.45, 7) is 9.15. The Bertz CT molecular complexity index is 2520. The number of rotatable bonds is 16. The van der Waals surface area contributed by atoms with Crippen LogP contribution in [-0.4, -0.2) is 70.4 Å². The molecular weight excluding hydrogens is 1030 g/mol. The monoisotopic (exact) mass is 1120 g/mol. The van der Waals surface area contributed by atoms with Crippen LogP contribution in [0.1, 0.15) is 135 Å². The second-order valence-corrected chi connectivity index (χ2v) is 33.5. The predicted octanol–water partition coefficient (Wildman–Crippen LogP) is 14.6. The van der Waals surface area contributed by atoms with Gasteiger partial charge < -0.3 is 18.4 Å². The van der Waals surface area contributed by atoms with Crippen LogP contribution in [0.4, 0.5) is 0 Å². The Labute approximate surface area is 478 Å². The summed E-state index contributed by atoms with van der Waals surface area (Å²) in [5.74, 6) is 23.0. The van der Waals surface area contributed by atoms with Crippen molar-refractivity contribution in [3.8, 4) is 11.5 Å². The van der Waals surface area contributed by atoms with E-state index in [0.29, 0.717) is 35.1 Å². The van der Waals surface area contributed by atoms with Crippen LogP contribution in [0.25, 0.3) is 0 Å². The van der Waals surface area contributed by atoms with Crippen LogP contribution in [0.3, 0.4) is 0 Å². The lowest BCUT2D eigenvalue weighted by atomic mass is 9.64. The van der Waals surface area contributed by atoms with Crippen molar-refractivity contribution < 1.29 is 32.8 Å². The van der Waals surface area contributed by atoms with Crippen LogP contribution >= 0.6 is 47.3 Å².